The van der Waals surface area contributed by atoms with Gasteiger partial charge in [0.15, 0.2) is 0 Å². The molecule has 15 heavy (non-hydrogen) atoms. The minimum atomic E-state index is -0.263. The van der Waals surface area contributed by atoms with Crippen molar-refractivity contribution in [3.63, 3.8) is 0 Å². The summed E-state index contributed by atoms with van der Waals surface area (Å²) in [6.07, 6.45) is 0.745. The molecule has 84 valence electrons. The first-order chi connectivity index (χ1) is 6.85. The van der Waals surface area contributed by atoms with Gasteiger partial charge in [-0.25, -0.2) is 0 Å². The first-order valence-electron chi connectivity index (χ1n) is 4.96. The van der Waals surface area contributed by atoms with Crippen LogP contribution in [0.15, 0.2) is 12.1 Å². The first-order valence-corrected chi connectivity index (χ1v) is 5.34. The number of halogens is 1. The maximum atomic E-state index is 6.24. The van der Waals surface area contributed by atoms with Crippen molar-refractivity contribution in [2.45, 2.75) is 32.7 Å². The summed E-state index contributed by atoms with van der Waals surface area (Å²) in [6, 6.07) is 3.89. The van der Waals surface area contributed by atoms with Gasteiger partial charge in [-0.3, -0.25) is 0 Å². The standard InChI is InChI=1S/C12H18ClNO/c1-8-5-6-10(15-4)11(13)9(8)7-12(2,3)14/h5-6H,7,14H2,1-4H3. The number of aryl methyl sites for hydroxylation is 1. The third kappa shape index (κ3) is 3.11. The molecule has 0 saturated heterocycles. The lowest BCUT2D eigenvalue weighted by Crippen LogP contribution is -2.34. The van der Waals surface area contributed by atoms with Crippen molar-refractivity contribution in [3.05, 3.63) is 28.3 Å². The van der Waals surface area contributed by atoms with Crippen LogP contribution in [0.25, 0.3) is 0 Å². The number of nitrogens with two attached hydrogens (primary N) is 1. The minimum absolute atomic E-state index is 0.263. The Morgan fingerprint density at radius 3 is 2.47 bits per heavy atom. The van der Waals surface area contributed by atoms with Crippen LogP contribution >= 0.6 is 11.6 Å². The van der Waals surface area contributed by atoms with E-state index in [-0.39, 0.29) is 5.54 Å². The van der Waals surface area contributed by atoms with Crippen molar-refractivity contribution in [1.82, 2.24) is 0 Å². The summed E-state index contributed by atoms with van der Waals surface area (Å²) in [4.78, 5) is 0. The van der Waals surface area contributed by atoms with Crippen molar-refractivity contribution < 1.29 is 4.74 Å². The van der Waals surface area contributed by atoms with E-state index in [0.717, 1.165) is 17.5 Å². The molecule has 1 aromatic rings. The number of benzene rings is 1. The van der Waals surface area contributed by atoms with Gasteiger partial charge < -0.3 is 10.5 Å². The van der Waals surface area contributed by atoms with Gasteiger partial charge in [-0.1, -0.05) is 17.7 Å². The number of ether oxygens (including phenoxy) is 1. The second-order valence-electron chi connectivity index (χ2n) is 4.54. The third-order valence-electron chi connectivity index (χ3n) is 2.29. The van der Waals surface area contributed by atoms with Crippen molar-refractivity contribution in [2.75, 3.05) is 7.11 Å². The number of hydrogen-bond acceptors (Lipinski definition) is 2. The fourth-order valence-electron chi connectivity index (χ4n) is 1.53. The average molecular weight is 228 g/mol. The molecule has 0 aliphatic heterocycles. The van der Waals surface area contributed by atoms with E-state index in [1.165, 1.54) is 0 Å². The van der Waals surface area contributed by atoms with Crippen LogP contribution in [0.1, 0.15) is 25.0 Å². The maximum Gasteiger partial charge on any atom is 0.137 e. The predicted molar refractivity (Wildman–Crippen MR) is 64.7 cm³/mol. The molecule has 0 aromatic heterocycles. The van der Waals surface area contributed by atoms with Crippen LogP contribution in [-0.2, 0) is 6.42 Å². The molecule has 0 aliphatic carbocycles. The fourth-order valence-corrected chi connectivity index (χ4v) is 1.88. The van der Waals surface area contributed by atoms with Gasteiger partial charge in [0.05, 0.1) is 12.1 Å². The summed E-state index contributed by atoms with van der Waals surface area (Å²) in [5.41, 5.74) is 7.96. The summed E-state index contributed by atoms with van der Waals surface area (Å²) >= 11 is 6.24. The quantitative estimate of drug-likeness (QED) is 0.862. The van der Waals surface area contributed by atoms with Gasteiger partial charge in [0, 0.05) is 5.54 Å². The molecule has 0 fully saturated rings. The zero-order valence-electron chi connectivity index (χ0n) is 9.73. The number of hydrogen-bond donors (Lipinski definition) is 1. The average Bonchev–Trinajstić information content (AvgIpc) is 2.11. The highest BCUT2D eigenvalue weighted by atomic mass is 35.5. The van der Waals surface area contributed by atoms with Gasteiger partial charge in [0.1, 0.15) is 5.75 Å². The van der Waals surface area contributed by atoms with E-state index in [0.29, 0.717) is 10.8 Å². The molecule has 0 bridgehead atoms. The summed E-state index contributed by atoms with van der Waals surface area (Å²) in [5.74, 6) is 0.710. The van der Waals surface area contributed by atoms with Crippen LogP contribution in [0.4, 0.5) is 0 Å². The highest BCUT2D eigenvalue weighted by molar-refractivity contribution is 6.33. The lowest BCUT2D eigenvalue weighted by atomic mass is 9.93. The van der Waals surface area contributed by atoms with E-state index >= 15 is 0 Å². The molecule has 2 N–H and O–H groups in total. The van der Waals surface area contributed by atoms with Crippen molar-refractivity contribution in [2.24, 2.45) is 5.73 Å². The Morgan fingerprint density at radius 1 is 1.40 bits per heavy atom. The fraction of sp³-hybridized carbons (Fsp3) is 0.500. The van der Waals surface area contributed by atoms with Gasteiger partial charge in [-0.15, -0.1) is 0 Å². The van der Waals surface area contributed by atoms with Gasteiger partial charge in [0.25, 0.3) is 0 Å². The SMILES string of the molecule is COc1ccc(C)c(CC(C)(C)N)c1Cl. The van der Waals surface area contributed by atoms with Crippen LogP contribution in [0.3, 0.4) is 0 Å². The first kappa shape index (κ1) is 12.3. The van der Waals surface area contributed by atoms with Crippen LogP contribution in [0.2, 0.25) is 5.02 Å². The smallest absolute Gasteiger partial charge is 0.137 e. The molecule has 1 aromatic carbocycles. The zero-order chi connectivity index (χ0) is 11.6. The Labute approximate surface area is 96.4 Å². The molecule has 0 spiro atoms. The monoisotopic (exact) mass is 227 g/mol. The minimum Gasteiger partial charge on any atom is -0.495 e. The molecule has 0 aliphatic rings. The molecule has 0 saturated carbocycles. The van der Waals surface area contributed by atoms with Crippen molar-refractivity contribution >= 4 is 11.6 Å². The molecule has 0 radical (unpaired) electrons. The van der Waals surface area contributed by atoms with Crippen LogP contribution < -0.4 is 10.5 Å². The molecular weight excluding hydrogens is 210 g/mol. The van der Waals surface area contributed by atoms with E-state index in [1.54, 1.807) is 7.11 Å². The van der Waals surface area contributed by atoms with E-state index in [9.17, 15) is 0 Å². The summed E-state index contributed by atoms with van der Waals surface area (Å²) in [6.45, 7) is 6.01. The van der Waals surface area contributed by atoms with Gasteiger partial charge in [-0.2, -0.15) is 0 Å². The highest BCUT2D eigenvalue weighted by Crippen LogP contribution is 2.32. The lowest BCUT2D eigenvalue weighted by Gasteiger charge is -2.21. The summed E-state index contributed by atoms with van der Waals surface area (Å²) < 4.78 is 5.18. The molecule has 0 atom stereocenters. The third-order valence-corrected chi connectivity index (χ3v) is 2.71. The van der Waals surface area contributed by atoms with Gasteiger partial charge in [0.2, 0.25) is 0 Å². The Balaban J connectivity index is 3.15. The molecule has 2 nitrogen and oxygen atoms in total. The Hall–Kier alpha value is -0.730. The Kier molecular flexibility index (Phi) is 3.63. The van der Waals surface area contributed by atoms with E-state index in [2.05, 4.69) is 0 Å². The number of rotatable bonds is 3. The van der Waals surface area contributed by atoms with Crippen LogP contribution in [0.5, 0.6) is 5.75 Å². The van der Waals surface area contributed by atoms with Crippen molar-refractivity contribution in [3.8, 4) is 5.75 Å². The van der Waals surface area contributed by atoms with Crippen LogP contribution in [0, 0.1) is 6.92 Å². The van der Waals surface area contributed by atoms with E-state index < -0.39 is 0 Å². The van der Waals surface area contributed by atoms with Crippen molar-refractivity contribution in [1.29, 1.82) is 0 Å². The topological polar surface area (TPSA) is 35.2 Å². The highest BCUT2D eigenvalue weighted by Gasteiger charge is 2.17. The molecule has 3 heteroatoms. The predicted octanol–water partition coefficient (Wildman–Crippen LogP) is 2.94. The number of methoxy groups -OCH3 is 1. The molecule has 0 heterocycles. The zero-order valence-corrected chi connectivity index (χ0v) is 10.5. The Bertz CT molecular complexity index is 355. The Morgan fingerprint density at radius 2 is 2.00 bits per heavy atom. The molecule has 0 amide bonds. The summed E-state index contributed by atoms with van der Waals surface area (Å²) in [5, 5.41) is 0.677. The van der Waals surface area contributed by atoms with E-state index in [4.69, 9.17) is 22.1 Å². The largest absolute Gasteiger partial charge is 0.495 e. The maximum absolute atomic E-state index is 6.24. The second kappa shape index (κ2) is 4.42. The molecular formula is C12H18ClNO. The molecule has 1 rings (SSSR count). The second-order valence-corrected chi connectivity index (χ2v) is 4.92. The van der Waals surface area contributed by atoms with Crippen LogP contribution in [-0.4, -0.2) is 12.6 Å². The van der Waals surface area contributed by atoms with Gasteiger partial charge >= 0.3 is 0 Å². The normalized spacial score (nSPS) is 11.6. The lowest BCUT2D eigenvalue weighted by molar-refractivity contribution is 0.413. The summed E-state index contributed by atoms with van der Waals surface area (Å²) in [7, 11) is 1.62. The molecule has 0 unspecified atom stereocenters. The van der Waals surface area contributed by atoms with Gasteiger partial charge in [-0.05, 0) is 44.4 Å². The van der Waals surface area contributed by atoms with E-state index in [1.807, 2.05) is 32.9 Å².